The van der Waals surface area contributed by atoms with E-state index in [2.05, 4.69) is 0 Å². The van der Waals surface area contributed by atoms with Gasteiger partial charge in [-0.15, -0.1) is 0 Å². The molecule has 0 spiro atoms. The van der Waals surface area contributed by atoms with Crippen LogP contribution in [0.2, 0.25) is 0 Å². The molecule has 126 valence electrons. The lowest BCUT2D eigenvalue weighted by molar-refractivity contribution is -0.160. The molecule has 23 heavy (non-hydrogen) atoms. The predicted molar refractivity (Wildman–Crippen MR) is 84.0 cm³/mol. The van der Waals surface area contributed by atoms with Gasteiger partial charge in [-0.3, -0.25) is 9.59 Å². The number of hydrogen-bond acceptors (Lipinski definition) is 5. The standard InChI is InChI=1S/C16H21NO5S/c1-3-22-15(19)16(10-4-5-11-16)14(18)17-23(20,21)13-8-6-12(2)7-9-13/h6-9H,3-5,10-11H2,1-2H3,(H,17,18). The maximum Gasteiger partial charge on any atom is 0.321 e. The molecule has 0 atom stereocenters. The molecule has 7 heteroatoms. The molecule has 6 nitrogen and oxygen atoms in total. The van der Waals surface area contributed by atoms with Crippen LogP contribution in [0, 0.1) is 12.3 Å². The molecule has 1 aliphatic rings. The molecule has 1 N–H and O–H groups in total. The first-order chi connectivity index (χ1) is 10.8. The number of sulfonamides is 1. The summed E-state index contributed by atoms with van der Waals surface area (Å²) in [6.07, 6.45) is 2.00. The Kier molecular flexibility index (Phi) is 5.09. The van der Waals surface area contributed by atoms with Crippen molar-refractivity contribution in [3.63, 3.8) is 0 Å². The van der Waals surface area contributed by atoms with Crippen LogP contribution in [0.3, 0.4) is 0 Å². The van der Waals surface area contributed by atoms with E-state index in [1.165, 1.54) is 12.1 Å². The summed E-state index contributed by atoms with van der Waals surface area (Å²) < 4.78 is 31.7. The Morgan fingerprint density at radius 2 is 1.74 bits per heavy atom. The van der Waals surface area contributed by atoms with Crippen LogP contribution in [-0.4, -0.2) is 26.9 Å². The highest BCUT2D eigenvalue weighted by Gasteiger charge is 2.50. The Morgan fingerprint density at radius 1 is 1.17 bits per heavy atom. The molecule has 0 aromatic heterocycles. The van der Waals surface area contributed by atoms with Crippen molar-refractivity contribution < 1.29 is 22.7 Å². The van der Waals surface area contributed by atoms with Gasteiger partial charge in [0.25, 0.3) is 15.9 Å². The number of amides is 1. The predicted octanol–water partition coefficient (Wildman–Crippen LogP) is 1.92. The molecule has 0 aliphatic heterocycles. The van der Waals surface area contributed by atoms with Gasteiger partial charge in [0.2, 0.25) is 0 Å². The first-order valence-corrected chi connectivity index (χ1v) is 9.11. The van der Waals surface area contributed by atoms with E-state index in [0.717, 1.165) is 5.56 Å². The van der Waals surface area contributed by atoms with Gasteiger partial charge in [0, 0.05) is 0 Å². The van der Waals surface area contributed by atoms with Gasteiger partial charge < -0.3 is 4.74 Å². The molecule has 1 aromatic rings. The van der Waals surface area contributed by atoms with Gasteiger partial charge in [0.15, 0.2) is 0 Å². The highest BCUT2D eigenvalue weighted by Crippen LogP contribution is 2.40. The van der Waals surface area contributed by atoms with Crippen molar-refractivity contribution in [2.75, 3.05) is 6.61 Å². The second-order valence-corrected chi connectivity index (χ2v) is 7.44. The van der Waals surface area contributed by atoms with Gasteiger partial charge >= 0.3 is 5.97 Å². The van der Waals surface area contributed by atoms with E-state index in [-0.39, 0.29) is 11.5 Å². The van der Waals surface area contributed by atoms with E-state index < -0.39 is 27.3 Å². The molecule has 1 fully saturated rings. The molecule has 0 radical (unpaired) electrons. The summed E-state index contributed by atoms with van der Waals surface area (Å²) in [6.45, 7) is 3.64. The SMILES string of the molecule is CCOC(=O)C1(C(=O)NS(=O)(=O)c2ccc(C)cc2)CCCC1. The minimum Gasteiger partial charge on any atom is -0.465 e. The first-order valence-electron chi connectivity index (χ1n) is 7.63. The van der Waals surface area contributed by atoms with Crippen LogP contribution >= 0.6 is 0 Å². The molecule has 0 saturated heterocycles. The normalized spacial score (nSPS) is 16.8. The fourth-order valence-electron chi connectivity index (χ4n) is 2.77. The average molecular weight is 339 g/mol. The minimum atomic E-state index is -4.01. The zero-order valence-corrected chi connectivity index (χ0v) is 14.1. The highest BCUT2D eigenvalue weighted by molar-refractivity contribution is 7.90. The van der Waals surface area contributed by atoms with Crippen molar-refractivity contribution in [2.24, 2.45) is 5.41 Å². The van der Waals surface area contributed by atoms with E-state index >= 15 is 0 Å². The van der Waals surface area contributed by atoms with Gasteiger partial charge in [-0.05, 0) is 38.8 Å². The van der Waals surface area contributed by atoms with Gasteiger partial charge in [-0.25, -0.2) is 13.1 Å². The maximum atomic E-state index is 12.5. The molecule has 0 unspecified atom stereocenters. The van der Waals surface area contributed by atoms with Crippen LogP contribution in [0.4, 0.5) is 0 Å². The number of ether oxygens (including phenoxy) is 1. The quantitative estimate of drug-likeness (QED) is 0.654. The van der Waals surface area contributed by atoms with Crippen LogP contribution in [-0.2, 0) is 24.3 Å². The van der Waals surface area contributed by atoms with Crippen molar-refractivity contribution in [3.05, 3.63) is 29.8 Å². The summed E-state index contributed by atoms with van der Waals surface area (Å²) in [5.74, 6) is -1.44. The second-order valence-electron chi connectivity index (χ2n) is 5.76. The highest BCUT2D eigenvalue weighted by atomic mass is 32.2. The molecule has 1 amide bonds. The number of esters is 1. The summed E-state index contributed by atoms with van der Waals surface area (Å²) in [5.41, 5.74) is -0.484. The lowest BCUT2D eigenvalue weighted by Crippen LogP contribution is -2.47. The lowest BCUT2D eigenvalue weighted by Gasteiger charge is -2.25. The molecule has 1 aliphatic carbocycles. The molecule has 1 saturated carbocycles. The summed E-state index contributed by atoms with van der Waals surface area (Å²) in [7, 11) is -4.01. The maximum absolute atomic E-state index is 12.5. The zero-order chi connectivity index (χ0) is 17.1. The summed E-state index contributed by atoms with van der Waals surface area (Å²) >= 11 is 0. The third-order valence-corrected chi connectivity index (χ3v) is 5.46. The fraction of sp³-hybridized carbons (Fsp3) is 0.500. The molecular formula is C16H21NO5S. The summed E-state index contributed by atoms with van der Waals surface area (Å²) in [5, 5.41) is 0. The van der Waals surface area contributed by atoms with Gasteiger partial charge in [-0.2, -0.15) is 0 Å². The first kappa shape index (κ1) is 17.5. The molecular weight excluding hydrogens is 318 g/mol. The summed E-state index contributed by atoms with van der Waals surface area (Å²) in [4.78, 5) is 24.7. The Morgan fingerprint density at radius 3 is 2.26 bits per heavy atom. The number of nitrogens with one attached hydrogen (secondary N) is 1. The number of rotatable bonds is 5. The largest absolute Gasteiger partial charge is 0.465 e. The van der Waals surface area contributed by atoms with E-state index in [9.17, 15) is 18.0 Å². The third-order valence-electron chi connectivity index (χ3n) is 4.12. The van der Waals surface area contributed by atoms with Crippen LogP contribution in [0.15, 0.2) is 29.2 Å². The Balaban J connectivity index is 2.25. The van der Waals surface area contributed by atoms with Crippen LogP contribution in [0.5, 0.6) is 0 Å². The number of carbonyl (C=O) groups is 2. The smallest absolute Gasteiger partial charge is 0.321 e. The number of benzene rings is 1. The van der Waals surface area contributed by atoms with Crippen molar-refractivity contribution in [1.82, 2.24) is 4.72 Å². The van der Waals surface area contributed by atoms with E-state index in [1.54, 1.807) is 19.1 Å². The Hall–Kier alpha value is -1.89. The van der Waals surface area contributed by atoms with E-state index in [1.807, 2.05) is 11.6 Å². The monoisotopic (exact) mass is 339 g/mol. The lowest BCUT2D eigenvalue weighted by atomic mass is 9.85. The van der Waals surface area contributed by atoms with Crippen LogP contribution in [0.25, 0.3) is 0 Å². The second kappa shape index (κ2) is 6.70. The average Bonchev–Trinajstić information content (AvgIpc) is 2.98. The number of carbonyl (C=O) groups excluding carboxylic acids is 2. The van der Waals surface area contributed by atoms with E-state index in [4.69, 9.17) is 4.74 Å². The topological polar surface area (TPSA) is 89.5 Å². The molecule has 0 bridgehead atoms. The minimum absolute atomic E-state index is 0.00606. The van der Waals surface area contributed by atoms with E-state index in [0.29, 0.717) is 25.7 Å². The van der Waals surface area contributed by atoms with Gasteiger partial charge in [0.1, 0.15) is 5.41 Å². The van der Waals surface area contributed by atoms with Crippen molar-refractivity contribution in [3.8, 4) is 0 Å². The molecule has 0 heterocycles. The third kappa shape index (κ3) is 3.55. The van der Waals surface area contributed by atoms with Crippen LogP contribution in [0.1, 0.15) is 38.2 Å². The molecule has 1 aromatic carbocycles. The summed E-state index contributed by atoms with van der Waals surface area (Å²) in [6, 6.07) is 6.15. The van der Waals surface area contributed by atoms with Crippen LogP contribution < -0.4 is 4.72 Å². The van der Waals surface area contributed by atoms with Crippen molar-refractivity contribution in [1.29, 1.82) is 0 Å². The fourth-order valence-corrected chi connectivity index (χ4v) is 3.82. The zero-order valence-electron chi connectivity index (χ0n) is 13.3. The Labute approximate surface area is 136 Å². The van der Waals surface area contributed by atoms with Gasteiger partial charge in [0.05, 0.1) is 11.5 Å². The van der Waals surface area contributed by atoms with Crippen molar-refractivity contribution in [2.45, 2.75) is 44.4 Å². The number of hydrogen-bond donors (Lipinski definition) is 1. The number of aryl methyl sites for hydroxylation is 1. The molecule has 2 rings (SSSR count). The van der Waals surface area contributed by atoms with Gasteiger partial charge in [-0.1, -0.05) is 30.5 Å². The van der Waals surface area contributed by atoms with Crippen molar-refractivity contribution >= 4 is 21.9 Å². The Bertz CT molecular complexity index is 688.